The van der Waals surface area contributed by atoms with Crippen LogP contribution in [0.2, 0.25) is 0 Å². The van der Waals surface area contributed by atoms with E-state index in [2.05, 4.69) is 15.5 Å². The van der Waals surface area contributed by atoms with Crippen LogP contribution in [-0.4, -0.2) is 32.0 Å². The van der Waals surface area contributed by atoms with Gasteiger partial charge in [-0.05, 0) is 18.8 Å². The number of thioether (sulfide) groups is 1. The van der Waals surface area contributed by atoms with E-state index in [4.69, 9.17) is 5.73 Å². The Morgan fingerprint density at radius 3 is 2.55 bits per heavy atom. The second kappa shape index (κ2) is 5.82. The maximum atomic E-state index is 12.0. The number of urea groups is 1. The van der Waals surface area contributed by atoms with Crippen LogP contribution >= 0.6 is 11.8 Å². The SMILES string of the molecule is CC(C)[C@@H](Sc1nnc(C2CC2)n1C)C(=O)NC(N)=O. The first kappa shape index (κ1) is 14.8. The lowest BCUT2D eigenvalue weighted by Gasteiger charge is -2.18. The lowest BCUT2D eigenvalue weighted by Crippen LogP contribution is -2.42. The summed E-state index contributed by atoms with van der Waals surface area (Å²) in [4.78, 5) is 22.8. The average Bonchev–Trinajstić information content (AvgIpc) is 3.10. The molecular weight excluding hydrogens is 278 g/mol. The molecule has 1 aliphatic rings. The van der Waals surface area contributed by atoms with Gasteiger partial charge in [-0.25, -0.2) is 4.79 Å². The summed E-state index contributed by atoms with van der Waals surface area (Å²) < 4.78 is 1.93. The third kappa shape index (κ3) is 3.30. The minimum absolute atomic E-state index is 0.0421. The number of aromatic nitrogens is 3. The number of carbonyl (C=O) groups is 2. The molecule has 110 valence electrons. The Labute approximate surface area is 121 Å². The Bertz CT molecular complexity index is 524. The summed E-state index contributed by atoms with van der Waals surface area (Å²) in [7, 11) is 1.90. The van der Waals surface area contributed by atoms with Crippen molar-refractivity contribution in [2.75, 3.05) is 0 Å². The molecule has 3 amide bonds. The largest absolute Gasteiger partial charge is 0.351 e. The van der Waals surface area contributed by atoms with Crippen LogP contribution in [0.5, 0.6) is 0 Å². The zero-order valence-electron chi connectivity index (χ0n) is 11.8. The van der Waals surface area contributed by atoms with Gasteiger partial charge in [-0.3, -0.25) is 10.1 Å². The third-order valence-electron chi connectivity index (χ3n) is 3.15. The molecule has 2 rings (SSSR count). The Balaban J connectivity index is 2.11. The summed E-state index contributed by atoms with van der Waals surface area (Å²) in [6.45, 7) is 3.83. The molecule has 1 heterocycles. The number of primary amides is 1. The van der Waals surface area contributed by atoms with Crippen molar-refractivity contribution in [3.8, 4) is 0 Å². The zero-order chi connectivity index (χ0) is 14.9. The molecule has 8 heteroatoms. The summed E-state index contributed by atoms with van der Waals surface area (Å²) in [5, 5.41) is 10.7. The molecule has 7 nitrogen and oxygen atoms in total. The molecule has 1 saturated carbocycles. The topological polar surface area (TPSA) is 103 Å². The predicted molar refractivity (Wildman–Crippen MR) is 75.2 cm³/mol. The van der Waals surface area contributed by atoms with Crippen molar-refractivity contribution in [2.45, 2.75) is 43.0 Å². The number of nitrogens with one attached hydrogen (secondary N) is 1. The molecule has 1 fully saturated rings. The number of nitrogens with zero attached hydrogens (tertiary/aromatic N) is 3. The summed E-state index contributed by atoms with van der Waals surface area (Å²) in [6.07, 6.45) is 2.29. The summed E-state index contributed by atoms with van der Waals surface area (Å²) in [5.74, 6) is 1.11. The summed E-state index contributed by atoms with van der Waals surface area (Å²) in [5.41, 5.74) is 4.99. The van der Waals surface area contributed by atoms with E-state index in [9.17, 15) is 9.59 Å². The minimum atomic E-state index is -0.835. The number of carbonyl (C=O) groups excluding carboxylic acids is 2. The first-order valence-corrected chi connectivity index (χ1v) is 7.44. The maximum absolute atomic E-state index is 12.0. The maximum Gasteiger partial charge on any atom is 0.318 e. The van der Waals surface area contributed by atoms with Gasteiger partial charge >= 0.3 is 6.03 Å². The number of nitrogens with two attached hydrogens (primary N) is 1. The molecule has 1 aromatic heterocycles. The standard InChI is InChI=1S/C12H19N5O2S/c1-6(2)8(10(18)14-11(13)19)20-12-16-15-9(17(12)3)7-4-5-7/h6-8H,4-5H2,1-3H3,(H3,13,14,18,19)/t8-/m1/s1. The van der Waals surface area contributed by atoms with Crippen molar-refractivity contribution in [1.29, 1.82) is 0 Å². The molecule has 1 aliphatic carbocycles. The van der Waals surface area contributed by atoms with E-state index in [-0.39, 0.29) is 5.92 Å². The van der Waals surface area contributed by atoms with Gasteiger partial charge in [0.25, 0.3) is 0 Å². The summed E-state index contributed by atoms with van der Waals surface area (Å²) >= 11 is 1.31. The number of imide groups is 1. The highest BCUT2D eigenvalue weighted by molar-refractivity contribution is 8.00. The van der Waals surface area contributed by atoms with E-state index in [0.717, 1.165) is 18.7 Å². The number of hydrogen-bond acceptors (Lipinski definition) is 5. The van der Waals surface area contributed by atoms with Crippen LogP contribution in [-0.2, 0) is 11.8 Å². The normalized spacial score (nSPS) is 16.2. The Morgan fingerprint density at radius 1 is 1.40 bits per heavy atom. The first-order chi connectivity index (χ1) is 9.40. The molecule has 3 N–H and O–H groups in total. The van der Waals surface area contributed by atoms with Crippen molar-refractivity contribution >= 4 is 23.7 Å². The van der Waals surface area contributed by atoms with E-state index in [1.807, 2.05) is 25.5 Å². The van der Waals surface area contributed by atoms with E-state index in [1.165, 1.54) is 11.8 Å². The molecule has 0 saturated heterocycles. The number of hydrogen-bond donors (Lipinski definition) is 2. The van der Waals surface area contributed by atoms with E-state index < -0.39 is 17.2 Å². The molecule has 0 bridgehead atoms. The lowest BCUT2D eigenvalue weighted by molar-refractivity contribution is -0.120. The van der Waals surface area contributed by atoms with Gasteiger partial charge in [0.2, 0.25) is 5.91 Å². The quantitative estimate of drug-likeness (QED) is 0.789. The monoisotopic (exact) mass is 297 g/mol. The van der Waals surface area contributed by atoms with Crippen LogP contribution in [0.4, 0.5) is 4.79 Å². The second-order valence-electron chi connectivity index (χ2n) is 5.31. The van der Waals surface area contributed by atoms with Crippen LogP contribution in [0, 0.1) is 5.92 Å². The molecule has 0 unspecified atom stereocenters. The molecule has 1 aromatic rings. The Hall–Kier alpha value is -1.57. The number of amides is 3. The minimum Gasteiger partial charge on any atom is -0.351 e. The van der Waals surface area contributed by atoms with Crippen LogP contribution < -0.4 is 11.1 Å². The van der Waals surface area contributed by atoms with Crippen molar-refractivity contribution in [2.24, 2.45) is 18.7 Å². The fourth-order valence-corrected chi connectivity index (χ4v) is 2.93. The van der Waals surface area contributed by atoms with Crippen LogP contribution in [0.3, 0.4) is 0 Å². The van der Waals surface area contributed by atoms with E-state index in [1.54, 1.807) is 0 Å². The van der Waals surface area contributed by atoms with Crippen LogP contribution in [0.1, 0.15) is 38.4 Å². The predicted octanol–water partition coefficient (Wildman–Crippen LogP) is 1.00. The molecule has 0 aromatic carbocycles. The van der Waals surface area contributed by atoms with Gasteiger partial charge in [-0.1, -0.05) is 25.6 Å². The lowest BCUT2D eigenvalue weighted by atomic mass is 10.1. The van der Waals surface area contributed by atoms with Crippen molar-refractivity contribution in [1.82, 2.24) is 20.1 Å². The third-order valence-corrected chi connectivity index (χ3v) is 4.73. The van der Waals surface area contributed by atoms with Gasteiger partial charge in [0, 0.05) is 13.0 Å². The fraction of sp³-hybridized carbons (Fsp3) is 0.667. The summed E-state index contributed by atoms with van der Waals surface area (Å²) in [6, 6.07) is -0.835. The van der Waals surface area contributed by atoms with Gasteiger partial charge in [-0.2, -0.15) is 0 Å². The van der Waals surface area contributed by atoms with Crippen molar-refractivity contribution < 1.29 is 9.59 Å². The van der Waals surface area contributed by atoms with Gasteiger partial charge in [0.05, 0.1) is 5.25 Å². The molecule has 1 atom stereocenters. The van der Waals surface area contributed by atoms with Crippen molar-refractivity contribution in [3.63, 3.8) is 0 Å². The smallest absolute Gasteiger partial charge is 0.318 e. The van der Waals surface area contributed by atoms with Gasteiger partial charge in [0.15, 0.2) is 5.16 Å². The first-order valence-electron chi connectivity index (χ1n) is 6.56. The highest BCUT2D eigenvalue weighted by Gasteiger charge is 2.31. The Kier molecular flexibility index (Phi) is 4.32. The van der Waals surface area contributed by atoms with Gasteiger partial charge < -0.3 is 10.3 Å². The molecule has 0 aliphatic heterocycles. The molecule has 0 radical (unpaired) electrons. The van der Waals surface area contributed by atoms with Crippen LogP contribution in [0.25, 0.3) is 0 Å². The zero-order valence-corrected chi connectivity index (χ0v) is 12.6. The highest BCUT2D eigenvalue weighted by atomic mass is 32.2. The highest BCUT2D eigenvalue weighted by Crippen LogP contribution is 2.40. The fourth-order valence-electron chi connectivity index (χ4n) is 1.92. The molecule has 20 heavy (non-hydrogen) atoms. The van der Waals surface area contributed by atoms with Gasteiger partial charge in [0.1, 0.15) is 5.82 Å². The molecular formula is C12H19N5O2S. The van der Waals surface area contributed by atoms with Gasteiger partial charge in [-0.15, -0.1) is 10.2 Å². The Morgan fingerprint density at radius 2 is 2.05 bits per heavy atom. The molecule has 0 spiro atoms. The van der Waals surface area contributed by atoms with E-state index >= 15 is 0 Å². The van der Waals surface area contributed by atoms with Crippen LogP contribution in [0.15, 0.2) is 5.16 Å². The van der Waals surface area contributed by atoms with Crippen molar-refractivity contribution in [3.05, 3.63) is 5.82 Å². The van der Waals surface area contributed by atoms with E-state index in [0.29, 0.717) is 11.1 Å². The average molecular weight is 297 g/mol. The second-order valence-corrected chi connectivity index (χ2v) is 6.42. The number of rotatable bonds is 5.